The van der Waals surface area contributed by atoms with Gasteiger partial charge in [-0.1, -0.05) is 60.3 Å². The maximum absolute atomic E-state index is 12.7. The fourth-order valence-electron chi connectivity index (χ4n) is 3.33. The minimum atomic E-state index is -0.287. The van der Waals surface area contributed by atoms with Gasteiger partial charge in [0.2, 0.25) is 5.91 Å². The van der Waals surface area contributed by atoms with Crippen molar-refractivity contribution in [2.24, 2.45) is 0 Å². The van der Waals surface area contributed by atoms with Gasteiger partial charge in [-0.3, -0.25) is 4.79 Å². The van der Waals surface area contributed by atoms with E-state index in [1.165, 1.54) is 17.3 Å². The molecular formula is C23H26N4O2S. The quantitative estimate of drug-likeness (QED) is 0.528. The minimum absolute atomic E-state index is 0.0341. The molecule has 1 heterocycles. The van der Waals surface area contributed by atoms with Crippen LogP contribution in [0.15, 0.2) is 59.8 Å². The van der Waals surface area contributed by atoms with E-state index >= 15 is 0 Å². The average molecular weight is 423 g/mol. The van der Waals surface area contributed by atoms with Gasteiger partial charge in [-0.15, -0.1) is 10.2 Å². The maximum Gasteiger partial charge on any atom is 0.233 e. The second-order valence-electron chi connectivity index (χ2n) is 7.48. The summed E-state index contributed by atoms with van der Waals surface area (Å²) >= 11 is 1.45. The Morgan fingerprint density at radius 3 is 2.63 bits per heavy atom. The summed E-state index contributed by atoms with van der Waals surface area (Å²) in [6.07, 6.45) is 2.32. The highest BCUT2D eigenvalue weighted by molar-refractivity contribution is 8.00. The number of hydrogen-bond acceptors (Lipinski definition) is 5. The summed E-state index contributed by atoms with van der Waals surface area (Å²) < 4.78 is 7.53. The number of nitrogens with zero attached hydrogens (tertiary/aromatic N) is 3. The molecule has 1 amide bonds. The van der Waals surface area contributed by atoms with Gasteiger partial charge in [-0.2, -0.15) is 0 Å². The van der Waals surface area contributed by atoms with Crippen molar-refractivity contribution in [3.63, 3.8) is 0 Å². The molecule has 1 N–H and O–H groups in total. The first-order chi connectivity index (χ1) is 14.7. The molecule has 6 nitrogen and oxygen atoms in total. The number of para-hydroxylation sites is 1. The Morgan fingerprint density at radius 2 is 1.90 bits per heavy atom. The van der Waals surface area contributed by atoms with Gasteiger partial charge in [0.1, 0.15) is 11.6 Å². The van der Waals surface area contributed by atoms with Crippen molar-refractivity contribution in [3.05, 3.63) is 71.5 Å². The van der Waals surface area contributed by atoms with Gasteiger partial charge in [0.05, 0.1) is 18.9 Å². The fourth-order valence-corrected chi connectivity index (χ4v) is 4.21. The summed E-state index contributed by atoms with van der Waals surface area (Å²) in [7, 11) is 1.64. The lowest BCUT2D eigenvalue weighted by molar-refractivity contribution is -0.120. The summed E-state index contributed by atoms with van der Waals surface area (Å²) in [5.41, 5.74) is 2.16. The van der Waals surface area contributed by atoms with Gasteiger partial charge < -0.3 is 14.6 Å². The number of rotatable bonds is 9. The predicted molar refractivity (Wildman–Crippen MR) is 118 cm³/mol. The molecule has 0 radical (unpaired) electrons. The molecule has 4 rings (SSSR count). The molecule has 1 aliphatic carbocycles. The zero-order valence-corrected chi connectivity index (χ0v) is 18.1. The molecule has 1 unspecified atom stereocenters. The first kappa shape index (κ1) is 20.5. The number of methoxy groups -OCH3 is 1. The van der Waals surface area contributed by atoms with Crippen molar-refractivity contribution in [2.75, 3.05) is 7.11 Å². The molecule has 1 fully saturated rings. The number of carbonyl (C=O) groups is 1. The number of hydrogen-bond donors (Lipinski definition) is 1. The van der Waals surface area contributed by atoms with Gasteiger partial charge in [0, 0.05) is 18.0 Å². The van der Waals surface area contributed by atoms with E-state index in [1.807, 2.05) is 49.4 Å². The number of nitrogens with one attached hydrogen (secondary N) is 1. The van der Waals surface area contributed by atoms with Crippen LogP contribution in [0.25, 0.3) is 0 Å². The zero-order valence-electron chi connectivity index (χ0n) is 17.2. The summed E-state index contributed by atoms with van der Waals surface area (Å²) in [4.78, 5) is 12.7. The Balaban J connectivity index is 1.43. The lowest BCUT2D eigenvalue weighted by Crippen LogP contribution is -2.30. The van der Waals surface area contributed by atoms with Gasteiger partial charge in [0.25, 0.3) is 0 Å². The van der Waals surface area contributed by atoms with Crippen molar-refractivity contribution in [3.8, 4) is 5.75 Å². The van der Waals surface area contributed by atoms with Crippen LogP contribution in [0.4, 0.5) is 0 Å². The molecule has 1 saturated carbocycles. The Labute approximate surface area is 181 Å². The number of amides is 1. The van der Waals surface area contributed by atoms with Crippen molar-refractivity contribution in [1.82, 2.24) is 20.1 Å². The van der Waals surface area contributed by atoms with Crippen molar-refractivity contribution in [2.45, 2.75) is 49.2 Å². The molecule has 3 aromatic rings. The maximum atomic E-state index is 12.7. The van der Waals surface area contributed by atoms with Crippen LogP contribution in [0.5, 0.6) is 5.75 Å². The Bertz CT molecular complexity index is 1000. The van der Waals surface area contributed by atoms with Crippen molar-refractivity contribution < 1.29 is 9.53 Å². The van der Waals surface area contributed by atoms with Crippen molar-refractivity contribution >= 4 is 17.7 Å². The molecule has 30 heavy (non-hydrogen) atoms. The van der Waals surface area contributed by atoms with Crippen LogP contribution in [-0.2, 0) is 17.9 Å². The molecule has 2 aromatic carbocycles. The first-order valence-electron chi connectivity index (χ1n) is 10.2. The van der Waals surface area contributed by atoms with E-state index in [2.05, 4.69) is 32.2 Å². The van der Waals surface area contributed by atoms with Crippen LogP contribution in [0.1, 0.15) is 42.6 Å². The normalized spacial score (nSPS) is 14.3. The smallest absolute Gasteiger partial charge is 0.233 e. The van der Waals surface area contributed by atoms with Gasteiger partial charge in [0.15, 0.2) is 5.16 Å². The Hall–Kier alpha value is -2.80. The second-order valence-corrected chi connectivity index (χ2v) is 8.78. The third-order valence-corrected chi connectivity index (χ3v) is 6.25. The predicted octanol–water partition coefficient (Wildman–Crippen LogP) is 4.01. The number of ether oxygens (including phenoxy) is 1. The van der Waals surface area contributed by atoms with E-state index < -0.39 is 0 Å². The number of thioether (sulfide) groups is 1. The van der Waals surface area contributed by atoms with Crippen LogP contribution in [0.3, 0.4) is 0 Å². The summed E-state index contributed by atoms with van der Waals surface area (Å²) in [6, 6.07) is 18.0. The fraction of sp³-hybridized carbons (Fsp3) is 0.348. The summed E-state index contributed by atoms with van der Waals surface area (Å²) in [5, 5.41) is 12.4. The minimum Gasteiger partial charge on any atom is -0.496 e. The monoisotopic (exact) mass is 422 g/mol. The Kier molecular flexibility index (Phi) is 6.38. The largest absolute Gasteiger partial charge is 0.496 e. The third kappa shape index (κ3) is 4.84. The third-order valence-electron chi connectivity index (χ3n) is 5.17. The molecule has 156 valence electrons. The van der Waals surface area contributed by atoms with Crippen LogP contribution >= 0.6 is 11.8 Å². The topological polar surface area (TPSA) is 69.0 Å². The van der Waals surface area contributed by atoms with Gasteiger partial charge in [-0.25, -0.2) is 0 Å². The van der Waals surface area contributed by atoms with E-state index in [9.17, 15) is 4.79 Å². The molecule has 0 bridgehead atoms. The highest BCUT2D eigenvalue weighted by atomic mass is 32.2. The van der Waals surface area contributed by atoms with E-state index in [-0.39, 0.29) is 11.2 Å². The summed E-state index contributed by atoms with van der Waals surface area (Å²) in [5.74, 6) is 2.26. The van der Waals surface area contributed by atoms with E-state index in [0.29, 0.717) is 12.5 Å². The molecule has 0 spiro atoms. The molecular weight excluding hydrogens is 396 g/mol. The van der Waals surface area contributed by atoms with E-state index in [4.69, 9.17) is 4.74 Å². The van der Waals surface area contributed by atoms with E-state index in [1.54, 1.807) is 7.11 Å². The van der Waals surface area contributed by atoms with Gasteiger partial charge in [-0.05, 0) is 31.4 Å². The van der Waals surface area contributed by atoms with Crippen LogP contribution < -0.4 is 10.1 Å². The SMILES string of the molecule is COc1ccccc1CNC(=O)C(C)Sc1nnc(C2CC2)n1Cc1ccccc1. The van der Waals surface area contributed by atoms with Crippen LogP contribution in [-0.4, -0.2) is 33.0 Å². The van der Waals surface area contributed by atoms with Crippen molar-refractivity contribution in [1.29, 1.82) is 0 Å². The van der Waals surface area contributed by atoms with E-state index in [0.717, 1.165) is 41.7 Å². The average Bonchev–Trinajstić information content (AvgIpc) is 3.55. The molecule has 7 heteroatoms. The highest BCUT2D eigenvalue weighted by Gasteiger charge is 2.31. The molecule has 0 saturated heterocycles. The van der Waals surface area contributed by atoms with Crippen LogP contribution in [0.2, 0.25) is 0 Å². The molecule has 1 atom stereocenters. The lowest BCUT2D eigenvalue weighted by atomic mass is 10.2. The number of carbonyl (C=O) groups excluding carboxylic acids is 1. The Morgan fingerprint density at radius 1 is 1.17 bits per heavy atom. The van der Waals surface area contributed by atoms with Crippen LogP contribution in [0, 0.1) is 0 Å². The second kappa shape index (κ2) is 9.34. The summed E-state index contributed by atoms with van der Waals surface area (Å²) in [6.45, 7) is 3.05. The first-order valence-corrected chi connectivity index (χ1v) is 11.1. The molecule has 1 aliphatic rings. The molecule has 1 aromatic heterocycles. The zero-order chi connectivity index (χ0) is 20.9. The number of benzene rings is 2. The number of aromatic nitrogens is 3. The molecule has 0 aliphatic heterocycles. The lowest BCUT2D eigenvalue weighted by Gasteiger charge is -2.15. The highest BCUT2D eigenvalue weighted by Crippen LogP contribution is 2.40. The standard InChI is InChI=1S/C23H26N4O2S/c1-16(22(28)24-14-19-10-6-7-11-20(19)29-2)30-23-26-25-21(18-12-13-18)27(23)15-17-8-4-3-5-9-17/h3-11,16,18H,12-15H2,1-2H3,(H,24,28). The van der Waals surface area contributed by atoms with Gasteiger partial charge >= 0.3 is 0 Å².